The molecule has 2 aromatic carbocycles. The first kappa shape index (κ1) is 22.6. The van der Waals surface area contributed by atoms with Crippen LogP contribution >= 0.6 is 0 Å². The fourth-order valence-electron chi connectivity index (χ4n) is 2.92. The van der Waals surface area contributed by atoms with E-state index in [1.807, 2.05) is 25.1 Å². The van der Waals surface area contributed by atoms with Crippen LogP contribution in [0.15, 0.2) is 54.6 Å². The number of nitrogens with one attached hydrogen (secondary N) is 2. The van der Waals surface area contributed by atoms with E-state index in [1.54, 1.807) is 24.3 Å². The van der Waals surface area contributed by atoms with Crippen LogP contribution in [0, 0.1) is 0 Å². The number of anilines is 2. The Morgan fingerprint density at radius 2 is 1.59 bits per heavy atom. The van der Waals surface area contributed by atoms with E-state index in [4.69, 9.17) is 4.74 Å². The van der Waals surface area contributed by atoms with Crippen molar-refractivity contribution >= 4 is 23.2 Å². The first-order chi connectivity index (χ1) is 14.1. The minimum atomic E-state index is -0.121. The van der Waals surface area contributed by atoms with Crippen LogP contribution in [0.25, 0.3) is 0 Å². The van der Waals surface area contributed by atoms with E-state index < -0.39 is 0 Å². The molecule has 0 aromatic heterocycles. The van der Waals surface area contributed by atoms with Gasteiger partial charge in [-0.15, -0.1) is 0 Å². The van der Waals surface area contributed by atoms with Crippen molar-refractivity contribution in [3.8, 4) is 0 Å². The van der Waals surface area contributed by atoms with E-state index in [0.29, 0.717) is 31.1 Å². The molecule has 0 saturated carbocycles. The van der Waals surface area contributed by atoms with Crippen molar-refractivity contribution in [3.63, 3.8) is 0 Å². The molecular formula is C23H31N3O3. The zero-order valence-electron chi connectivity index (χ0n) is 17.3. The van der Waals surface area contributed by atoms with Crippen molar-refractivity contribution < 1.29 is 14.3 Å². The lowest BCUT2D eigenvalue weighted by atomic mass is 10.2. The first-order valence-electron chi connectivity index (χ1n) is 10.1. The summed E-state index contributed by atoms with van der Waals surface area (Å²) in [5.41, 5.74) is 2.70. The number of nitrogens with zero attached hydrogens (tertiary/aromatic N) is 1. The van der Waals surface area contributed by atoms with Gasteiger partial charge in [-0.25, -0.2) is 0 Å². The van der Waals surface area contributed by atoms with E-state index in [-0.39, 0.29) is 11.8 Å². The fourth-order valence-corrected chi connectivity index (χ4v) is 2.92. The third kappa shape index (κ3) is 9.36. The second kappa shape index (κ2) is 12.7. The van der Waals surface area contributed by atoms with E-state index in [1.165, 1.54) is 12.5 Å². The molecule has 156 valence electrons. The number of rotatable bonds is 12. The summed E-state index contributed by atoms with van der Waals surface area (Å²) >= 11 is 0. The Hall–Kier alpha value is -2.70. The second-order valence-electron chi connectivity index (χ2n) is 6.88. The van der Waals surface area contributed by atoms with E-state index in [2.05, 4.69) is 27.7 Å². The maximum Gasteiger partial charge on any atom is 0.238 e. The number of amides is 2. The van der Waals surface area contributed by atoms with Gasteiger partial charge in [0.25, 0.3) is 0 Å². The monoisotopic (exact) mass is 397 g/mol. The SMILES string of the molecule is CCN(CCCOCCc1ccccc1)CC(=O)Nc1ccc(NC(C)=O)cc1. The van der Waals surface area contributed by atoms with Crippen LogP contribution in [0.2, 0.25) is 0 Å². The Bertz CT molecular complexity index is 748. The number of likely N-dealkylation sites (N-methyl/N-ethyl adjacent to an activating group) is 1. The highest BCUT2D eigenvalue weighted by Gasteiger charge is 2.09. The lowest BCUT2D eigenvalue weighted by molar-refractivity contribution is -0.117. The van der Waals surface area contributed by atoms with Crippen LogP contribution in [0.3, 0.4) is 0 Å². The Kier molecular flexibility index (Phi) is 9.89. The molecule has 0 aliphatic rings. The van der Waals surface area contributed by atoms with Gasteiger partial charge in [-0.3, -0.25) is 14.5 Å². The second-order valence-corrected chi connectivity index (χ2v) is 6.88. The molecule has 0 spiro atoms. The van der Waals surface area contributed by atoms with Crippen LogP contribution in [0.5, 0.6) is 0 Å². The molecule has 29 heavy (non-hydrogen) atoms. The third-order valence-electron chi connectivity index (χ3n) is 4.44. The average molecular weight is 398 g/mol. The molecule has 0 bridgehead atoms. The zero-order valence-corrected chi connectivity index (χ0v) is 17.3. The maximum absolute atomic E-state index is 12.3. The number of carbonyl (C=O) groups excluding carboxylic acids is 2. The summed E-state index contributed by atoms with van der Waals surface area (Å²) in [5, 5.41) is 5.59. The molecule has 0 heterocycles. The van der Waals surface area contributed by atoms with E-state index in [9.17, 15) is 9.59 Å². The van der Waals surface area contributed by atoms with Gasteiger partial charge in [-0.1, -0.05) is 37.3 Å². The van der Waals surface area contributed by atoms with Gasteiger partial charge >= 0.3 is 0 Å². The van der Waals surface area contributed by atoms with Gasteiger partial charge in [0.1, 0.15) is 0 Å². The summed E-state index contributed by atoms with van der Waals surface area (Å²) in [7, 11) is 0. The van der Waals surface area contributed by atoms with Crippen molar-refractivity contribution in [2.45, 2.75) is 26.7 Å². The minimum absolute atomic E-state index is 0.0517. The Morgan fingerprint density at radius 3 is 2.21 bits per heavy atom. The highest BCUT2D eigenvalue weighted by Crippen LogP contribution is 2.13. The van der Waals surface area contributed by atoms with Gasteiger partial charge in [0.15, 0.2) is 0 Å². The first-order valence-corrected chi connectivity index (χ1v) is 10.1. The highest BCUT2D eigenvalue weighted by molar-refractivity contribution is 5.93. The van der Waals surface area contributed by atoms with Crippen molar-refractivity contribution in [1.82, 2.24) is 4.90 Å². The third-order valence-corrected chi connectivity index (χ3v) is 4.44. The molecule has 0 aliphatic heterocycles. The standard InChI is InChI=1S/C23H31N3O3/c1-3-26(15-7-16-29-17-14-20-8-5-4-6-9-20)18-23(28)25-22-12-10-21(11-13-22)24-19(2)27/h4-6,8-13H,3,7,14-18H2,1-2H3,(H,24,27)(H,25,28). The topological polar surface area (TPSA) is 70.7 Å². The molecule has 0 radical (unpaired) electrons. The van der Waals surface area contributed by atoms with Crippen LogP contribution in [0.1, 0.15) is 25.8 Å². The van der Waals surface area contributed by atoms with Gasteiger partial charge in [0.2, 0.25) is 11.8 Å². The summed E-state index contributed by atoms with van der Waals surface area (Å²) in [6.07, 6.45) is 1.81. The maximum atomic E-state index is 12.3. The van der Waals surface area contributed by atoms with Gasteiger partial charge in [-0.05, 0) is 49.2 Å². The molecule has 2 aromatic rings. The zero-order chi connectivity index (χ0) is 20.9. The van der Waals surface area contributed by atoms with Crippen LogP contribution in [-0.2, 0) is 20.7 Å². The van der Waals surface area contributed by atoms with Crippen molar-refractivity contribution in [2.75, 3.05) is 43.5 Å². The molecule has 0 fully saturated rings. The molecule has 2 rings (SSSR count). The van der Waals surface area contributed by atoms with E-state index in [0.717, 1.165) is 25.9 Å². The van der Waals surface area contributed by atoms with Gasteiger partial charge < -0.3 is 15.4 Å². The van der Waals surface area contributed by atoms with Gasteiger partial charge in [-0.2, -0.15) is 0 Å². The van der Waals surface area contributed by atoms with Crippen LogP contribution in [-0.4, -0.2) is 49.6 Å². The molecule has 2 amide bonds. The molecule has 0 saturated heterocycles. The predicted octanol–water partition coefficient (Wildman–Crippen LogP) is 3.55. The number of carbonyl (C=O) groups is 2. The number of hydrogen-bond donors (Lipinski definition) is 2. The smallest absolute Gasteiger partial charge is 0.238 e. The largest absolute Gasteiger partial charge is 0.381 e. The summed E-state index contributed by atoms with van der Waals surface area (Å²) in [5.74, 6) is -0.173. The number of ether oxygens (including phenoxy) is 1. The van der Waals surface area contributed by atoms with E-state index >= 15 is 0 Å². The molecule has 0 atom stereocenters. The van der Waals surface area contributed by atoms with Crippen molar-refractivity contribution in [2.24, 2.45) is 0 Å². The molecule has 2 N–H and O–H groups in total. The molecule has 6 nitrogen and oxygen atoms in total. The van der Waals surface area contributed by atoms with Crippen LogP contribution in [0.4, 0.5) is 11.4 Å². The summed E-state index contributed by atoms with van der Waals surface area (Å²) in [6.45, 7) is 6.87. The summed E-state index contributed by atoms with van der Waals surface area (Å²) in [6, 6.07) is 17.4. The van der Waals surface area contributed by atoms with Gasteiger partial charge in [0.05, 0.1) is 13.2 Å². The predicted molar refractivity (Wildman–Crippen MR) is 117 cm³/mol. The molecule has 0 unspecified atom stereocenters. The van der Waals surface area contributed by atoms with Crippen LogP contribution < -0.4 is 10.6 Å². The lowest BCUT2D eigenvalue weighted by Gasteiger charge is -2.19. The Balaban J connectivity index is 1.62. The molecule has 0 aliphatic carbocycles. The molecule has 6 heteroatoms. The fraction of sp³-hybridized carbons (Fsp3) is 0.391. The summed E-state index contributed by atoms with van der Waals surface area (Å²) in [4.78, 5) is 25.4. The van der Waals surface area contributed by atoms with Crippen molar-refractivity contribution in [3.05, 3.63) is 60.2 Å². The molecular weight excluding hydrogens is 366 g/mol. The number of benzene rings is 2. The van der Waals surface area contributed by atoms with Gasteiger partial charge in [0, 0.05) is 31.5 Å². The van der Waals surface area contributed by atoms with Crippen molar-refractivity contribution in [1.29, 1.82) is 0 Å². The lowest BCUT2D eigenvalue weighted by Crippen LogP contribution is -2.34. The Labute approximate surface area is 173 Å². The normalized spacial score (nSPS) is 10.7. The average Bonchev–Trinajstić information content (AvgIpc) is 2.71. The summed E-state index contributed by atoms with van der Waals surface area (Å²) < 4.78 is 5.71. The minimum Gasteiger partial charge on any atom is -0.381 e. The quantitative estimate of drug-likeness (QED) is 0.537. The number of hydrogen-bond acceptors (Lipinski definition) is 4. The Morgan fingerprint density at radius 1 is 0.931 bits per heavy atom. The highest BCUT2D eigenvalue weighted by atomic mass is 16.5.